The fraction of sp³-hybridized carbons (Fsp3) is 0.0769. The van der Waals surface area contributed by atoms with Gasteiger partial charge >= 0.3 is 0 Å². The lowest BCUT2D eigenvalue weighted by molar-refractivity contribution is -0.114. The van der Waals surface area contributed by atoms with Crippen LogP contribution in [0, 0.1) is 11.3 Å². The second-order valence-corrected chi connectivity index (χ2v) is 3.75. The van der Waals surface area contributed by atoms with Crippen molar-refractivity contribution in [2.75, 3.05) is 6.61 Å². The summed E-state index contributed by atoms with van der Waals surface area (Å²) < 4.78 is 5.38. The van der Waals surface area contributed by atoms with Crippen molar-refractivity contribution in [1.82, 2.24) is 0 Å². The predicted octanol–water partition coefficient (Wildman–Crippen LogP) is 2.30. The number of primary amides is 1. The third-order valence-electron chi connectivity index (χ3n) is 2.01. The summed E-state index contributed by atoms with van der Waals surface area (Å²) in [6, 6.07) is 6.60. The zero-order valence-electron chi connectivity index (χ0n) is 9.52. The van der Waals surface area contributed by atoms with Gasteiger partial charge in [0.2, 0.25) is 0 Å². The van der Waals surface area contributed by atoms with E-state index in [9.17, 15) is 4.79 Å². The lowest BCUT2D eigenvalue weighted by Crippen LogP contribution is -2.12. The molecular weight excluding hydrogens is 252 g/mol. The van der Waals surface area contributed by atoms with Crippen molar-refractivity contribution in [1.29, 1.82) is 5.26 Å². The molecule has 0 heterocycles. The maximum Gasteiger partial charge on any atom is 0.259 e. The van der Waals surface area contributed by atoms with Crippen molar-refractivity contribution in [2.45, 2.75) is 0 Å². The molecule has 92 valence electrons. The Morgan fingerprint density at radius 1 is 1.61 bits per heavy atom. The molecule has 1 aromatic carbocycles. The molecule has 0 unspecified atom stereocenters. The molecule has 0 aliphatic heterocycles. The Hall–Kier alpha value is -2.25. The highest BCUT2D eigenvalue weighted by molar-refractivity contribution is 6.30. The van der Waals surface area contributed by atoms with E-state index in [-0.39, 0.29) is 5.57 Å². The van der Waals surface area contributed by atoms with Gasteiger partial charge in [-0.05, 0) is 24.3 Å². The molecule has 0 aliphatic rings. The van der Waals surface area contributed by atoms with Gasteiger partial charge < -0.3 is 10.5 Å². The summed E-state index contributed by atoms with van der Waals surface area (Å²) in [4.78, 5) is 11.0. The van der Waals surface area contributed by atoms with Crippen LogP contribution in [0.3, 0.4) is 0 Å². The first-order valence-corrected chi connectivity index (χ1v) is 5.41. The number of amides is 1. The lowest BCUT2D eigenvalue weighted by Gasteiger charge is -2.07. The SMILES string of the molecule is C=CCOc1ccc(Cl)cc1/C=C(\C#N)C(N)=O. The first-order chi connectivity index (χ1) is 8.58. The highest BCUT2D eigenvalue weighted by Gasteiger charge is 2.07. The van der Waals surface area contributed by atoms with Crippen molar-refractivity contribution in [2.24, 2.45) is 5.73 Å². The van der Waals surface area contributed by atoms with Crippen molar-refractivity contribution in [3.63, 3.8) is 0 Å². The summed E-state index contributed by atoms with van der Waals surface area (Å²) in [6.07, 6.45) is 2.92. The molecule has 18 heavy (non-hydrogen) atoms. The fourth-order valence-corrected chi connectivity index (χ4v) is 1.41. The van der Waals surface area contributed by atoms with Crippen LogP contribution in [-0.4, -0.2) is 12.5 Å². The second kappa shape index (κ2) is 6.48. The maximum atomic E-state index is 11.0. The number of carbonyl (C=O) groups is 1. The molecule has 0 radical (unpaired) electrons. The number of benzene rings is 1. The van der Waals surface area contributed by atoms with Crippen LogP contribution in [0.25, 0.3) is 6.08 Å². The molecule has 0 aromatic heterocycles. The first kappa shape index (κ1) is 13.8. The molecule has 0 saturated carbocycles. The van der Waals surface area contributed by atoms with Gasteiger partial charge in [0.05, 0.1) is 0 Å². The van der Waals surface area contributed by atoms with Gasteiger partial charge in [-0.15, -0.1) is 0 Å². The highest BCUT2D eigenvalue weighted by atomic mass is 35.5. The smallest absolute Gasteiger partial charge is 0.259 e. The number of hydrogen-bond acceptors (Lipinski definition) is 3. The average Bonchev–Trinajstić information content (AvgIpc) is 2.34. The van der Waals surface area contributed by atoms with Crippen LogP contribution in [0.5, 0.6) is 5.75 Å². The van der Waals surface area contributed by atoms with Crippen molar-refractivity contribution < 1.29 is 9.53 Å². The molecule has 0 aliphatic carbocycles. The fourth-order valence-electron chi connectivity index (χ4n) is 1.23. The molecule has 1 rings (SSSR count). The quantitative estimate of drug-likeness (QED) is 0.502. The van der Waals surface area contributed by atoms with Gasteiger partial charge in [0, 0.05) is 10.6 Å². The molecular formula is C13H11ClN2O2. The van der Waals surface area contributed by atoms with E-state index in [1.807, 2.05) is 0 Å². The number of ether oxygens (including phenoxy) is 1. The molecule has 0 fully saturated rings. The Balaban J connectivity index is 3.20. The summed E-state index contributed by atoms with van der Waals surface area (Å²) in [7, 11) is 0. The molecule has 0 spiro atoms. The number of nitrogens with zero attached hydrogens (tertiary/aromatic N) is 1. The third-order valence-corrected chi connectivity index (χ3v) is 2.25. The topological polar surface area (TPSA) is 76.1 Å². The van der Waals surface area contributed by atoms with Crippen LogP contribution in [0.2, 0.25) is 5.02 Å². The van der Waals surface area contributed by atoms with Gasteiger partial charge in [0.1, 0.15) is 24.0 Å². The minimum absolute atomic E-state index is 0.166. The lowest BCUT2D eigenvalue weighted by atomic mass is 10.1. The van der Waals surface area contributed by atoms with Crippen molar-refractivity contribution >= 4 is 23.6 Å². The number of rotatable bonds is 5. The molecule has 0 atom stereocenters. The monoisotopic (exact) mass is 262 g/mol. The summed E-state index contributed by atoms with van der Waals surface area (Å²) in [5, 5.41) is 9.25. The maximum absolute atomic E-state index is 11.0. The van der Waals surface area contributed by atoms with E-state index in [1.165, 1.54) is 6.08 Å². The molecule has 4 nitrogen and oxygen atoms in total. The molecule has 0 saturated heterocycles. The summed E-state index contributed by atoms with van der Waals surface area (Å²) in [6.45, 7) is 3.84. The van der Waals surface area contributed by atoms with Crippen LogP contribution in [-0.2, 0) is 4.79 Å². The highest BCUT2D eigenvalue weighted by Crippen LogP contribution is 2.25. The Morgan fingerprint density at radius 2 is 2.33 bits per heavy atom. The van der Waals surface area contributed by atoms with Gasteiger partial charge in [-0.3, -0.25) is 4.79 Å². The molecule has 2 N–H and O–H groups in total. The van der Waals surface area contributed by atoms with E-state index in [1.54, 1.807) is 30.3 Å². The van der Waals surface area contributed by atoms with Gasteiger partial charge in [-0.1, -0.05) is 24.3 Å². The van der Waals surface area contributed by atoms with Gasteiger partial charge in [-0.25, -0.2) is 0 Å². The molecule has 1 amide bonds. The van der Waals surface area contributed by atoms with Gasteiger partial charge in [-0.2, -0.15) is 5.26 Å². The minimum Gasteiger partial charge on any atom is -0.489 e. The van der Waals surface area contributed by atoms with Crippen molar-refractivity contribution in [3.8, 4) is 11.8 Å². The average molecular weight is 263 g/mol. The Labute approximate surface area is 110 Å². The molecule has 0 bridgehead atoms. The first-order valence-electron chi connectivity index (χ1n) is 5.03. The van der Waals surface area contributed by atoms with E-state index in [0.29, 0.717) is 22.9 Å². The van der Waals surface area contributed by atoms with Crippen LogP contribution >= 0.6 is 11.6 Å². The predicted molar refractivity (Wildman–Crippen MR) is 69.9 cm³/mol. The summed E-state index contributed by atoms with van der Waals surface area (Å²) in [5.41, 5.74) is 5.41. The van der Waals surface area contributed by atoms with E-state index < -0.39 is 5.91 Å². The zero-order chi connectivity index (χ0) is 13.5. The summed E-state index contributed by atoms with van der Waals surface area (Å²) in [5.74, 6) is -0.305. The Bertz CT molecular complexity index is 544. The number of hydrogen-bond donors (Lipinski definition) is 1. The van der Waals surface area contributed by atoms with Crippen LogP contribution in [0.1, 0.15) is 5.56 Å². The third kappa shape index (κ3) is 3.65. The van der Waals surface area contributed by atoms with E-state index in [0.717, 1.165) is 0 Å². The van der Waals surface area contributed by atoms with Crippen LogP contribution < -0.4 is 10.5 Å². The molecule has 1 aromatic rings. The number of halogens is 1. The standard InChI is InChI=1S/C13H11ClN2O2/c1-2-5-18-12-4-3-11(14)7-9(12)6-10(8-15)13(16)17/h2-4,6-7H,1,5H2,(H2,16,17)/b10-6+. The second-order valence-electron chi connectivity index (χ2n) is 3.32. The Kier molecular flexibility index (Phi) is 4.97. The van der Waals surface area contributed by atoms with Gasteiger partial charge in [0.15, 0.2) is 0 Å². The number of carbonyl (C=O) groups excluding carboxylic acids is 1. The van der Waals surface area contributed by atoms with Gasteiger partial charge in [0.25, 0.3) is 5.91 Å². The normalized spacial score (nSPS) is 10.6. The Morgan fingerprint density at radius 3 is 2.89 bits per heavy atom. The summed E-state index contributed by atoms with van der Waals surface area (Å²) >= 11 is 5.85. The number of nitriles is 1. The van der Waals surface area contributed by atoms with Crippen LogP contribution in [0.15, 0.2) is 36.4 Å². The van der Waals surface area contributed by atoms with E-state index >= 15 is 0 Å². The van der Waals surface area contributed by atoms with Crippen LogP contribution in [0.4, 0.5) is 0 Å². The zero-order valence-corrected chi connectivity index (χ0v) is 10.3. The van der Waals surface area contributed by atoms with Crippen molar-refractivity contribution in [3.05, 3.63) is 47.0 Å². The largest absolute Gasteiger partial charge is 0.489 e. The number of nitrogens with two attached hydrogens (primary N) is 1. The van der Waals surface area contributed by atoms with E-state index in [4.69, 9.17) is 27.3 Å². The molecule has 5 heteroatoms. The minimum atomic E-state index is -0.799. The van der Waals surface area contributed by atoms with E-state index in [2.05, 4.69) is 6.58 Å².